The third-order valence-corrected chi connectivity index (χ3v) is 21.9. The minimum Gasteiger partial charge on any atom is -0.423 e. The van der Waals surface area contributed by atoms with Crippen molar-refractivity contribution >= 4 is 131 Å². The molecule has 6 aromatic heterocycles. The zero-order valence-electron chi connectivity index (χ0n) is 56.6. The van der Waals surface area contributed by atoms with Crippen LogP contribution in [0, 0.1) is 0 Å². The maximum atomic E-state index is 9.44. The van der Waals surface area contributed by atoms with Crippen LogP contribution in [0.2, 0.25) is 5.02 Å². The topological polar surface area (TPSA) is 144 Å². The Bertz CT molecular complexity index is 6610. The Morgan fingerprint density at radius 2 is 0.613 bits per heavy atom. The third-order valence-electron chi connectivity index (χ3n) is 19.1. The Morgan fingerprint density at radius 3 is 1.08 bits per heavy atom. The van der Waals surface area contributed by atoms with Gasteiger partial charge in [0.15, 0.2) is 34.9 Å². The summed E-state index contributed by atoms with van der Waals surface area (Å²) in [4.78, 5) is 39.5. The first-order chi connectivity index (χ1) is 52.3. The second-order valence-corrected chi connectivity index (χ2v) is 28.1. The highest BCUT2D eigenvalue weighted by molar-refractivity contribution is 7.26. The summed E-state index contributed by atoms with van der Waals surface area (Å²) in [7, 11) is -1.44. The lowest BCUT2D eigenvalue weighted by atomic mass is 9.76. The van der Waals surface area contributed by atoms with Crippen LogP contribution in [-0.4, -0.2) is 57.0 Å². The molecule has 20 aromatic rings. The van der Waals surface area contributed by atoms with Crippen LogP contribution >= 0.6 is 34.3 Å². The quantitative estimate of drug-likeness (QED) is 0.100. The number of halogens is 1. The van der Waals surface area contributed by atoms with Gasteiger partial charge < -0.3 is 10.0 Å². The highest BCUT2D eigenvalue weighted by atomic mass is 35.5. The molecule has 6 heterocycles. The van der Waals surface area contributed by atoms with Crippen LogP contribution in [0.15, 0.2) is 340 Å². The Kier molecular flexibility index (Phi) is 17.5. The van der Waals surface area contributed by atoms with Crippen molar-refractivity contribution in [3.05, 3.63) is 345 Å². The van der Waals surface area contributed by atoms with Crippen molar-refractivity contribution in [3.8, 4) is 102 Å². The van der Waals surface area contributed by atoms with Crippen molar-refractivity contribution in [2.24, 2.45) is 0 Å². The van der Waals surface area contributed by atoms with Crippen molar-refractivity contribution < 1.29 is 10.0 Å². The molecule has 20 rings (SSSR count). The molecule has 14 aromatic carbocycles. The SMILES string of the molecule is Clc1ccc(-c2ccnc3c2sc2ccccc23)cc1-c1nc(-c2ccccc2)nc(-c2ccccc2)n1.OB(O)c1cc2ccccc2c2ccccc12.c1ccc(-c2nc(-c3ccccc3)nc(-c3cc(-c4ccnc5c4sc4ccccc45)ccc3-c3cc4ccccc4c4ccccc34)n2)cc1. The molecule has 0 aliphatic rings. The van der Waals surface area contributed by atoms with Gasteiger partial charge in [-0.05, 0) is 119 Å². The number of aromatic nitrogens is 8. The molecule has 0 spiro atoms. The van der Waals surface area contributed by atoms with E-state index in [0.717, 1.165) is 104 Å². The summed E-state index contributed by atoms with van der Waals surface area (Å²) in [6, 6.07) is 111. The van der Waals surface area contributed by atoms with E-state index in [9.17, 15) is 10.0 Å². The van der Waals surface area contributed by atoms with Crippen LogP contribution in [0.4, 0.5) is 0 Å². The van der Waals surface area contributed by atoms with Gasteiger partial charge in [0, 0.05) is 77.1 Å². The fourth-order valence-corrected chi connectivity index (χ4v) is 16.7. The van der Waals surface area contributed by atoms with Gasteiger partial charge in [-0.1, -0.05) is 291 Å². The molecule has 0 aliphatic heterocycles. The fourth-order valence-electron chi connectivity index (χ4n) is 14.1. The standard InChI is InChI=1S/C46H28N4S.C32H19ClN4S.C14H11BO2/c1-3-13-29(14-4-1)44-48-45(30-15-5-2-6-16-30)50-46(49-44)40-28-32(34-25-26-47-42-38-21-11-12-22-41(38)51-43(34)42)23-24-37(40)39-27-31-17-7-8-18-33(31)35-19-9-10-20-36(35)39;33-26-16-15-22(23-17-18-34-28-24-13-7-8-14-27(24)38-29(23)28)19-25(26)32-36-30(20-9-3-1-4-10-20)35-31(37-32)21-11-5-2-6-12-21;16-15(17)14-9-10-5-1-2-6-11(10)12-7-3-4-8-13(12)14/h1-28H;1-19H;1-9,16-17H. The van der Waals surface area contributed by atoms with Crippen molar-refractivity contribution in [3.63, 3.8) is 0 Å². The first-order valence-corrected chi connectivity index (χ1v) is 36.7. The molecule has 14 heteroatoms. The Morgan fingerprint density at radius 1 is 0.255 bits per heavy atom. The average molecular weight is 1420 g/mol. The van der Waals surface area contributed by atoms with Crippen molar-refractivity contribution in [1.29, 1.82) is 0 Å². The summed E-state index contributed by atoms with van der Waals surface area (Å²) < 4.78 is 4.75. The van der Waals surface area contributed by atoms with Gasteiger partial charge >= 0.3 is 7.12 Å². The molecule has 106 heavy (non-hydrogen) atoms. The third kappa shape index (κ3) is 12.5. The van der Waals surface area contributed by atoms with Crippen molar-refractivity contribution in [1.82, 2.24) is 39.9 Å². The predicted octanol–water partition coefficient (Wildman–Crippen LogP) is 22.9. The first kappa shape index (κ1) is 65.2. The largest absolute Gasteiger partial charge is 0.489 e. The van der Waals surface area contributed by atoms with Crippen LogP contribution in [-0.2, 0) is 0 Å². The molecular weight excluding hydrogens is 1360 g/mol. The number of hydrogen-bond donors (Lipinski definition) is 2. The molecule has 0 atom stereocenters. The lowest BCUT2D eigenvalue weighted by molar-refractivity contribution is 0.426. The summed E-state index contributed by atoms with van der Waals surface area (Å²) in [6.45, 7) is 0. The van der Waals surface area contributed by atoms with Gasteiger partial charge in [-0.15, -0.1) is 22.7 Å². The average Bonchev–Trinajstić information content (AvgIpc) is 1.22. The summed E-state index contributed by atoms with van der Waals surface area (Å²) in [5.41, 5.74) is 14.6. The molecular formula is C92H58BClN8O2S2. The molecule has 0 amide bonds. The second-order valence-electron chi connectivity index (χ2n) is 25.6. The van der Waals surface area contributed by atoms with Crippen LogP contribution in [0.5, 0.6) is 0 Å². The maximum absolute atomic E-state index is 9.44. The lowest BCUT2D eigenvalue weighted by Gasteiger charge is -2.17. The lowest BCUT2D eigenvalue weighted by Crippen LogP contribution is -2.30. The summed E-state index contributed by atoms with van der Waals surface area (Å²) in [5, 5.41) is 30.7. The highest BCUT2D eigenvalue weighted by Gasteiger charge is 2.23. The number of pyridine rings is 2. The van der Waals surface area contributed by atoms with E-state index in [4.69, 9.17) is 51.5 Å². The van der Waals surface area contributed by atoms with Crippen LogP contribution in [0.3, 0.4) is 0 Å². The first-order valence-electron chi connectivity index (χ1n) is 34.7. The zero-order chi connectivity index (χ0) is 71.0. The number of nitrogens with zero attached hydrogens (tertiary/aromatic N) is 8. The molecule has 0 unspecified atom stereocenters. The molecule has 10 nitrogen and oxygen atoms in total. The molecule has 0 saturated carbocycles. The fraction of sp³-hybridized carbons (Fsp3) is 0. The highest BCUT2D eigenvalue weighted by Crippen LogP contribution is 2.46. The normalized spacial score (nSPS) is 11.3. The monoisotopic (exact) mass is 1420 g/mol. The second kappa shape index (κ2) is 28.4. The van der Waals surface area contributed by atoms with E-state index >= 15 is 0 Å². The van der Waals surface area contributed by atoms with Gasteiger partial charge in [-0.3, -0.25) is 9.97 Å². The molecule has 0 bridgehead atoms. The summed E-state index contributed by atoms with van der Waals surface area (Å²) in [5.74, 6) is 3.63. The minimum atomic E-state index is -1.44. The van der Waals surface area contributed by atoms with E-state index in [2.05, 4.69) is 164 Å². The van der Waals surface area contributed by atoms with Gasteiger partial charge in [0.05, 0.1) is 25.5 Å². The molecule has 0 fully saturated rings. The van der Waals surface area contributed by atoms with Crippen LogP contribution in [0.25, 0.3) is 185 Å². The number of benzene rings is 14. The van der Waals surface area contributed by atoms with E-state index in [-0.39, 0.29) is 0 Å². The smallest absolute Gasteiger partial charge is 0.423 e. The molecule has 500 valence electrons. The molecule has 0 saturated heterocycles. The van der Waals surface area contributed by atoms with E-state index in [0.29, 0.717) is 45.4 Å². The molecule has 0 radical (unpaired) electrons. The van der Waals surface area contributed by atoms with Gasteiger partial charge in [0.2, 0.25) is 0 Å². The van der Waals surface area contributed by atoms with E-state index in [1.807, 2.05) is 176 Å². The molecule has 2 N–H and O–H groups in total. The van der Waals surface area contributed by atoms with E-state index < -0.39 is 7.12 Å². The number of hydrogen-bond acceptors (Lipinski definition) is 12. The van der Waals surface area contributed by atoms with Crippen molar-refractivity contribution in [2.75, 3.05) is 0 Å². The van der Waals surface area contributed by atoms with Crippen molar-refractivity contribution in [2.45, 2.75) is 0 Å². The Labute approximate surface area is 622 Å². The molecule has 0 aliphatic carbocycles. The Balaban J connectivity index is 0.000000126. The predicted molar refractivity (Wildman–Crippen MR) is 441 cm³/mol. The Hall–Kier alpha value is -12.8. The number of fused-ring (bicyclic) bond motifs is 12. The van der Waals surface area contributed by atoms with Gasteiger partial charge in [0.25, 0.3) is 0 Å². The number of rotatable bonds is 10. The van der Waals surface area contributed by atoms with E-state index in [1.165, 1.54) is 46.4 Å². The summed E-state index contributed by atoms with van der Waals surface area (Å²) >= 11 is 10.3. The van der Waals surface area contributed by atoms with Gasteiger partial charge in [-0.25, -0.2) is 29.9 Å². The van der Waals surface area contributed by atoms with Gasteiger partial charge in [0.1, 0.15) is 0 Å². The van der Waals surface area contributed by atoms with Crippen LogP contribution in [0.1, 0.15) is 0 Å². The minimum absolute atomic E-state index is 0.534. The maximum Gasteiger partial charge on any atom is 0.489 e. The van der Waals surface area contributed by atoms with Gasteiger partial charge in [-0.2, -0.15) is 0 Å². The van der Waals surface area contributed by atoms with E-state index in [1.54, 1.807) is 22.7 Å². The summed E-state index contributed by atoms with van der Waals surface area (Å²) in [6.07, 6.45) is 3.79. The number of thiophene rings is 2. The van der Waals surface area contributed by atoms with Crippen LogP contribution < -0.4 is 5.46 Å². The zero-order valence-corrected chi connectivity index (χ0v) is 59.0.